The van der Waals surface area contributed by atoms with E-state index in [-0.39, 0.29) is 5.82 Å². The van der Waals surface area contributed by atoms with Crippen molar-refractivity contribution in [3.63, 3.8) is 0 Å². The number of halogens is 1. The van der Waals surface area contributed by atoms with Gasteiger partial charge in [-0.1, -0.05) is 0 Å². The van der Waals surface area contributed by atoms with Crippen LogP contribution in [0.1, 0.15) is 24.8 Å². The van der Waals surface area contributed by atoms with Gasteiger partial charge in [0, 0.05) is 5.56 Å². The Morgan fingerprint density at radius 2 is 2.25 bits per heavy atom. The first-order chi connectivity index (χ1) is 7.72. The van der Waals surface area contributed by atoms with Crippen molar-refractivity contribution < 1.29 is 13.9 Å². The maximum Gasteiger partial charge on any atom is 0.235 e. The summed E-state index contributed by atoms with van der Waals surface area (Å²) < 4.78 is 18.7. The lowest BCUT2D eigenvalue weighted by Gasteiger charge is -2.37. The first-order valence-electron chi connectivity index (χ1n) is 5.15. The third-order valence-corrected chi connectivity index (χ3v) is 3.12. The zero-order valence-electron chi connectivity index (χ0n) is 9.00. The summed E-state index contributed by atoms with van der Waals surface area (Å²) in [5.74, 6) is 0.225. The molecule has 0 radical (unpaired) electrons. The Kier molecular flexibility index (Phi) is 2.75. The van der Waals surface area contributed by atoms with Crippen molar-refractivity contribution in [1.29, 1.82) is 0 Å². The molecule has 0 N–H and O–H groups in total. The second-order valence-corrected chi connectivity index (χ2v) is 3.93. The molecule has 16 heavy (non-hydrogen) atoms. The molecule has 3 nitrogen and oxygen atoms in total. The van der Waals surface area contributed by atoms with Crippen LogP contribution in [0.5, 0.6) is 5.75 Å². The van der Waals surface area contributed by atoms with Gasteiger partial charge in [0.15, 0.2) is 0 Å². The number of methoxy groups -OCH3 is 1. The third kappa shape index (κ3) is 1.61. The first kappa shape index (κ1) is 10.8. The molecule has 2 rings (SSSR count). The van der Waals surface area contributed by atoms with E-state index in [4.69, 9.17) is 4.74 Å². The zero-order valence-corrected chi connectivity index (χ0v) is 9.00. The molecule has 1 aliphatic rings. The van der Waals surface area contributed by atoms with Crippen LogP contribution in [-0.4, -0.2) is 13.2 Å². The van der Waals surface area contributed by atoms with Gasteiger partial charge in [-0.3, -0.25) is 0 Å². The lowest BCUT2D eigenvalue weighted by atomic mass is 9.72. The van der Waals surface area contributed by atoms with E-state index in [1.807, 2.05) is 0 Å². The summed E-state index contributed by atoms with van der Waals surface area (Å²) in [6.45, 7) is 0. The molecule has 84 valence electrons. The highest BCUT2D eigenvalue weighted by Crippen LogP contribution is 2.46. The smallest absolute Gasteiger partial charge is 0.235 e. The average molecular weight is 221 g/mol. The normalized spacial score (nSPS) is 17.1. The molecule has 0 heterocycles. The predicted octanol–water partition coefficient (Wildman–Crippen LogP) is 2.55. The summed E-state index contributed by atoms with van der Waals surface area (Å²) in [5.41, 5.74) is -0.276. The highest BCUT2D eigenvalue weighted by atomic mass is 19.1. The molecule has 0 unspecified atom stereocenters. The quantitative estimate of drug-likeness (QED) is 0.581. The minimum absolute atomic E-state index is 0.348. The van der Waals surface area contributed by atoms with Crippen LogP contribution in [-0.2, 0) is 10.3 Å². The molecule has 1 aliphatic carbocycles. The molecule has 1 aromatic rings. The second-order valence-electron chi connectivity index (χ2n) is 3.93. The van der Waals surface area contributed by atoms with Gasteiger partial charge in [0.05, 0.1) is 7.11 Å². The number of hydrogen-bond acceptors (Lipinski definition) is 3. The van der Waals surface area contributed by atoms with E-state index in [0.717, 1.165) is 6.42 Å². The van der Waals surface area contributed by atoms with Crippen molar-refractivity contribution >= 4 is 6.08 Å². The van der Waals surface area contributed by atoms with E-state index in [1.165, 1.54) is 13.2 Å². The highest BCUT2D eigenvalue weighted by molar-refractivity contribution is 5.42. The third-order valence-electron chi connectivity index (χ3n) is 3.12. The molecule has 0 atom stereocenters. The van der Waals surface area contributed by atoms with E-state index >= 15 is 0 Å². The van der Waals surface area contributed by atoms with Gasteiger partial charge < -0.3 is 4.74 Å². The van der Waals surface area contributed by atoms with Crippen LogP contribution in [0, 0.1) is 5.82 Å². The number of benzene rings is 1. The van der Waals surface area contributed by atoms with Crippen molar-refractivity contribution in [2.24, 2.45) is 4.99 Å². The van der Waals surface area contributed by atoms with Crippen LogP contribution >= 0.6 is 0 Å². The Morgan fingerprint density at radius 3 is 2.75 bits per heavy atom. The summed E-state index contributed by atoms with van der Waals surface area (Å²) in [7, 11) is 1.52. The van der Waals surface area contributed by atoms with Crippen molar-refractivity contribution in [3.8, 4) is 5.75 Å². The minimum Gasteiger partial charge on any atom is -0.497 e. The predicted molar refractivity (Wildman–Crippen MR) is 56.6 cm³/mol. The van der Waals surface area contributed by atoms with Crippen molar-refractivity contribution in [1.82, 2.24) is 0 Å². The molecule has 0 bridgehead atoms. The summed E-state index contributed by atoms with van der Waals surface area (Å²) in [6.07, 6.45) is 3.86. The topological polar surface area (TPSA) is 38.7 Å². The van der Waals surface area contributed by atoms with E-state index in [1.54, 1.807) is 18.2 Å². The van der Waals surface area contributed by atoms with Gasteiger partial charge in [-0.05, 0) is 37.5 Å². The number of carbonyl (C=O) groups excluding carboxylic acids is 1. The van der Waals surface area contributed by atoms with E-state index in [2.05, 4.69) is 4.99 Å². The van der Waals surface area contributed by atoms with Gasteiger partial charge in [-0.2, -0.15) is 4.99 Å². The highest BCUT2D eigenvalue weighted by Gasteiger charge is 2.41. The van der Waals surface area contributed by atoms with Crippen LogP contribution < -0.4 is 4.74 Å². The summed E-state index contributed by atoms with van der Waals surface area (Å²) in [5, 5.41) is 0. The summed E-state index contributed by atoms with van der Waals surface area (Å²) in [6, 6.07) is 4.50. The molecule has 4 heteroatoms. The fraction of sp³-hybridized carbons (Fsp3) is 0.417. The Bertz CT molecular complexity index is 448. The maximum atomic E-state index is 13.7. The fourth-order valence-corrected chi connectivity index (χ4v) is 2.03. The number of aliphatic imine (C=N–C) groups is 1. The average Bonchev–Trinajstić information content (AvgIpc) is 2.25. The van der Waals surface area contributed by atoms with Crippen LogP contribution in [0.4, 0.5) is 4.39 Å². The molecule has 0 saturated heterocycles. The SMILES string of the molecule is COc1ccc(F)c(C2(N=C=O)CCC2)c1. The van der Waals surface area contributed by atoms with E-state index in [0.29, 0.717) is 24.2 Å². The molecular weight excluding hydrogens is 209 g/mol. The number of isocyanates is 1. The monoisotopic (exact) mass is 221 g/mol. The molecule has 0 spiro atoms. The maximum absolute atomic E-state index is 13.7. The van der Waals surface area contributed by atoms with Crippen LogP contribution in [0.2, 0.25) is 0 Å². The molecule has 0 amide bonds. The van der Waals surface area contributed by atoms with E-state index in [9.17, 15) is 9.18 Å². The lowest BCUT2D eigenvalue weighted by Crippen LogP contribution is -2.32. The lowest BCUT2D eigenvalue weighted by molar-refractivity contribution is 0.246. The fourth-order valence-electron chi connectivity index (χ4n) is 2.03. The summed E-state index contributed by atoms with van der Waals surface area (Å²) in [4.78, 5) is 14.2. The number of ether oxygens (including phenoxy) is 1. The van der Waals surface area contributed by atoms with Gasteiger partial charge in [-0.25, -0.2) is 9.18 Å². The first-order valence-corrected chi connectivity index (χ1v) is 5.15. The molecule has 0 aromatic heterocycles. The molecule has 0 aliphatic heterocycles. The van der Waals surface area contributed by atoms with Crippen LogP contribution in [0.25, 0.3) is 0 Å². The van der Waals surface area contributed by atoms with Gasteiger partial charge in [0.25, 0.3) is 0 Å². The zero-order chi connectivity index (χ0) is 11.6. The van der Waals surface area contributed by atoms with Gasteiger partial charge in [0.1, 0.15) is 17.1 Å². The molecule has 1 saturated carbocycles. The Balaban J connectivity index is 2.48. The molecule has 1 fully saturated rings. The van der Waals surface area contributed by atoms with E-state index < -0.39 is 5.54 Å². The van der Waals surface area contributed by atoms with Gasteiger partial charge >= 0.3 is 0 Å². The molecular formula is C12H12FNO2. The van der Waals surface area contributed by atoms with Crippen LogP contribution in [0.3, 0.4) is 0 Å². The molecule has 1 aromatic carbocycles. The van der Waals surface area contributed by atoms with Crippen molar-refractivity contribution in [2.75, 3.05) is 7.11 Å². The standard InChI is InChI=1S/C12H12FNO2/c1-16-9-3-4-11(13)10(7-9)12(14-8-15)5-2-6-12/h3-4,7H,2,5-6H2,1H3. The number of nitrogens with zero attached hydrogens (tertiary/aromatic N) is 1. The van der Waals surface area contributed by atoms with Crippen molar-refractivity contribution in [2.45, 2.75) is 24.8 Å². The summed E-state index contributed by atoms with van der Waals surface area (Å²) >= 11 is 0. The minimum atomic E-state index is -0.708. The van der Waals surface area contributed by atoms with Gasteiger partial charge in [0.2, 0.25) is 6.08 Å². The van der Waals surface area contributed by atoms with Crippen LogP contribution in [0.15, 0.2) is 23.2 Å². The number of rotatable bonds is 3. The number of hydrogen-bond donors (Lipinski definition) is 0. The Hall–Kier alpha value is -1.67. The Morgan fingerprint density at radius 1 is 1.50 bits per heavy atom. The second kappa shape index (κ2) is 4.06. The largest absolute Gasteiger partial charge is 0.497 e. The van der Waals surface area contributed by atoms with Gasteiger partial charge in [-0.15, -0.1) is 0 Å². The Labute approximate surface area is 93.0 Å². The van der Waals surface area contributed by atoms with Crippen molar-refractivity contribution in [3.05, 3.63) is 29.6 Å².